The molecule has 0 spiro atoms. The lowest BCUT2D eigenvalue weighted by Gasteiger charge is -2.21. The van der Waals surface area contributed by atoms with Gasteiger partial charge in [0.25, 0.3) is 5.91 Å². The van der Waals surface area contributed by atoms with Gasteiger partial charge in [0.2, 0.25) is 0 Å². The second-order valence-electron chi connectivity index (χ2n) is 4.54. The molecule has 0 saturated heterocycles. The van der Waals surface area contributed by atoms with Gasteiger partial charge in [0.05, 0.1) is 6.61 Å². The third-order valence-corrected chi connectivity index (χ3v) is 2.64. The highest BCUT2D eigenvalue weighted by molar-refractivity contribution is 5.96. The van der Waals surface area contributed by atoms with E-state index in [0.717, 1.165) is 17.9 Å². The highest BCUT2D eigenvalue weighted by atomic mass is 16.5. The van der Waals surface area contributed by atoms with Crippen LogP contribution in [0.4, 0.5) is 5.69 Å². The van der Waals surface area contributed by atoms with Gasteiger partial charge in [-0.1, -0.05) is 6.92 Å². The largest absolute Gasteiger partial charge is 0.494 e. The molecule has 0 radical (unpaired) electrons. The predicted octanol–water partition coefficient (Wildman–Crippen LogP) is 2.84. The molecule has 18 heavy (non-hydrogen) atoms. The van der Waals surface area contributed by atoms with Crippen LogP contribution in [0.1, 0.15) is 27.2 Å². The zero-order chi connectivity index (χ0) is 13.6. The predicted molar refractivity (Wildman–Crippen MR) is 71.9 cm³/mol. The molecule has 100 valence electrons. The van der Waals surface area contributed by atoms with E-state index in [0.29, 0.717) is 6.61 Å². The first kappa shape index (κ1) is 14.5. The Bertz CT molecular complexity index is 385. The van der Waals surface area contributed by atoms with Crippen molar-refractivity contribution in [1.29, 1.82) is 0 Å². The van der Waals surface area contributed by atoms with Gasteiger partial charge in [-0.25, -0.2) is 0 Å². The highest BCUT2D eigenvalue weighted by Crippen LogP contribution is 2.18. The molecule has 1 rings (SSSR count). The van der Waals surface area contributed by atoms with Crippen molar-refractivity contribution >= 4 is 11.6 Å². The maximum atomic E-state index is 11.9. The van der Waals surface area contributed by atoms with Crippen LogP contribution in [-0.4, -0.2) is 25.2 Å². The van der Waals surface area contributed by atoms with E-state index in [9.17, 15) is 4.79 Å². The molecule has 1 aromatic rings. The first-order valence-corrected chi connectivity index (χ1v) is 6.09. The molecular weight excluding hydrogens is 230 g/mol. The second kappa shape index (κ2) is 6.40. The number of anilines is 1. The fraction of sp³-hybridized carbons (Fsp3) is 0.500. The fourth-order valence-electron chi connectivity index (χ4n) is 1.23. The molecule has 0 aliphatic rings. The number of ether oxygens (including phenoxy) is 2. The molecule has 0 aromatic heterocycles. The highest BCUT2D eigenvalue weighted by Gasteiger charge is 2.26. The number of rotatable bonds is 6. The minimum Gasteiger partial charge on any atom is -0.494 e. The number of hydrogen-bond donors (Lipinski definition) is 1. The van der Waals surface area contributed by atoms with E-state index in [-0.39, 0.29) is 5.91 Å². The van der Waals surface area contributed by atoms with Crippen molar-refractivity contribution < 1.29 is 14.3 Å². The van der Waals surface area contributed by atoms with E-state index < -0.39 is 5.60 Å². The lowest BCUT2D eigenvalue weighted by atomic mass is 10.1. The van der Waals surface area contributed by atoms with Crippen molar-refractivity contribution in [2.45, 2.75) is 32.8 Å². The number of amides is 1. The summed E-state index contributed by atoms with van der Waals surface area (Å²) < 4.78 is 10.6. The number of carbonyl (C=O) groups excluding carboxylic acids is 1. The Kier molecular flexibility index (Phi) is 5.16. The van der Waals surface area contributed by atoms with Crippen LogP contribution in [0.25, 0.3) is 0 Å². The normalized spacial score (nSPS) is 11.1. The zero-order valence-electron chi connectivity index (χ0n) is 11.4. The average molecular weight is 251 g/mol. The molecule has 0 aliphatic heterocycles. The van der Waals surface area contributed by atoms with Gasteiger partial charge in [0.15, 0.2) is 0 Å². The Hall–Kier alpha value is -1.55. The summed E-state index contributed by atoms with van der Waals surface area (Å²) in [5.41, 5.74) is -0.105. The van der Waals surface area contributed by atoms with E-state index in [1.807, 2.05) is 24.3 Å². The second-order valence-corrected chi connectivity index (χ2v) is 4.54. The van der Waals surface area contributed by atoms with Crippen LogP contribution in [0.3, 0.4) is 0 Å². The molecule has 4 nitrogen and oxygen atoms in total. The average Bonchev–Trinajstić information content (AvgIpc) is 2.37. The van der Waals surface area contributed by atoms with Crippen LogP contribution in [0.5, 0.6) is 5.75 Å². The van der Waals surface area contributed by atoms with Gasteiger partial charge in [0, 0.05) is 12.8 Å². The summed E-state index contributed by atoms with van der Waals surface area (Å²) in [6.07, 6.45) is 0.973. The van der Waals surface area contributed by atoms with Crippen molar-refractivity contribution in [3.63, 3.8) is 0 Å². The molecule has 1 amide bonds. The molecule has 4 heteroatoms. The molecule has 1 aromatic carbocycles. The molecule has 0 fully saturated rings. The van der Waals surface area contributed by atoms with Crippen LogP contribution < -0.4 is 10.1 Å². The van der Waals surface area contributed by atoms with Gasteiger partial charge in [-0.05, 0) is 44.5 Å². The van der Waals surface area contributed by atoms with E-state index in [1.165, 1.54) is 7.11 Å². The van der Waals surface area contributed by atoms with Crippen LogP contribution in [-0.2, 0) is 9.53 Å². The number of nitrogens with one attached hydrogen (secondary N) is 1. The first-order chi connectivity index (χ1) is 8.49. The quantitative estimate of drug-likeness (QED) is 0.845. The molecule has 0 atom stereocenters. The van der Waals surface area contributed by atoms with Crippen molar-refractivity contribution in [2.75, 3.05) is 19.0 Å². The van der Waals surface area contributed by atoms with Crippen molar-refractivity contribution in [1.82, 2.24) is 0 Å². The van der Waals surface area contributed by atoms with Crippen LogP contribution in [0.15, 0.2) is 24.3 Å². The van der Waals surface area contributed by atoms with Gasteiger partial charge in [-0.2, -0.15) is 0 Å². The van der Waals surface area contributed by atoms with Crippen molar-refractivity contribution in [2.24, 2.45) is 0 Å². The van der Waals surface area contributed by atoms with Gasteiger partial charge in [-0.3, -0.25) is 4.79 Å². The summed E-state index contributed by atoms with van der Waals surface area (Å²) in [4.78, 5) is 11.9. The minimum absolute atomic E-state index is 0.174. The van der Waals surface area contributed by atoms with Crippen LogP contribution >= 0.6 is 0 Å². The summed E-state index contributed by atoms with van der Waals surface area (Å²) >= 11 is 0. The summed E-state index contributed by atoms with van der Waals surface area (Å²) in [6.45, 7) is 6.20. The third-order valence-electron chi connectivity index (χ3n) is 2.64. The molecule has 0 saturated carbocycles. The molecular formula is C14H21NO3. The van der Waals surface area contributed by atoms with Crippen molar-refractivity contribution in [3.8, 4) is 5.75 Å². The lowest BCUT2D eigenvalue weighted by Crippen LogP contribution is -2.38. The summed E-state index contributed by atoms with van der Waals surface area (Å²) in [6, 6.07) is 7.30. The molecule has 0 aliphatic carbocycles. The van der Waals surface area contributed by atoms with Crippen LogP contribution in [0, 0.1) is 0 Å². The van der Waals surface area contributed by atoms with Crippen molar-refractivity contribution in [3.05, 3.63) is 24.3 Å². The number of benzene rings is 1. The minimum atomic E-state index is -0.836. The molecule has 0 bridgehead atoms. The Labute approximate surface area is 108 Å². The number of methoxy groups -OCH3 is 1. The monoisotopic (exact) mass is 251 g/mol. The van der Waals surface area contributed by atoms with E-state index in [2.05, 4.69) is 12.2 Å². The van der Waals surface area contributed by atoms with E-state index in [4.69, 9.17) is 9.47 Å². The summed E-state index contributed by atoms with van der Waals surface area (Å²) in [5, 5.41) is 2.80. The Morgan fingerprint density at radius 2 is 1.89 bits per heavy atom. The maximum Gasteiger partial charge on any atom is 0.256 e. The summed E-state index contributed by atoms with van der Waals surface area (Å²) in [5.74, 6) is 0.632. The van der Waals surface area contributed by atoms with Gasteiger partial charge in [-0.15, -0.1) is 0 Å². The van der Waals surface area contributed by atoms with E-state index >= 15 is 0 Å². The Morgan fingerprint density at radius 1 is 1.28 bits per heavy atom. The molecule has 0 unspecified atom stereocenters. The fourth-order valence-corrected chi connectivity index (χ4v) is 1.23. The number of carbonyl (C=O) groups is 1. The Morgan fingerprint density at radius 3 is 2.39 bits per heavy atom. The SMILES string of the molecule is CCCOc1ccc(NC(=O)C(C)(C)OC)cc1. The maximum absolute atomic E-state index is 11.9. The van der Waals surface area contributed by atoms with Gasteiger partial charge in [0.1, 0.15) is 11.4 Å². The smallest absolute Gasteiger partial charge is 0.256 e. The van der Waals surface area contributed by atoms with Gasteiger partial charge >= 0.3 is 0 Å². The lowest BCUT2D eigenvalue weighted by molar-refractivity contribution is -0.133. The third kappa shape index (κ3) is 4.04. The summed E-state index contributed by atoms with van der Waals surface area (Å²) in [7, 11) is 1.52. The first-order valence-electron chi connectivity index (χ1n) is 6.09. The zero-order valence-corrected chi connectivity index (χ0v) is 11.4. The molecule has 1 N–H and O–H groups in total. The van der Waals surface area contributed by atoms with Gasteiger partial charge < -0.3 is 14.8 Å². The topological polar surface area (TPSA) is 47.6 Å². The molecule has 0 heterocycles. The van der Waals surface area contributed by atoms with Crippen LogP contribution in [0.2, 0.25) is 0 Å². The Balaban J connectivity index is 2.61. The standard InChI is InChI=1S/C14H21NO3/c1-5-10-18-12-8-6-11(7-9-12)15-13(16)14(2,3)17-4/h6-9H,5,10H2,1-4H3,(H,15,16). The number of hydrogen-bond acceptors (Lipinski definition) is 3. The van der Waals surface area contributed by atoms with E-state index in [1.54, 1.807) is 13.8 Å².